The monoisotopic (exact) mass is 305 g/mol. The number of carbonyl (C=O) groups is 2. The van der Waals surface area contributed by atoms with Crippen molar-refractivity contribution in [3.05, 3.63) is 12.2 Å². The normalized spacial score (nSPS) is 21.6. The van der Waals surface area contributed by atoms with E-state index in [0.29, 0.717) is 0 Å². The molecule has 0 N–H and O–H groups in total. The van der Waals surface area contributed by atoms with E-state index in [1.807, 2.05) is 0 Å². The Morgan fingerprint density at radius 3 is 2.52 bits per heavy atom. The summed E-state index contributed by atoms with van der Waals surface area (Å²) in [7, 11) is 0. The van der Waals surface area contributed by atoms with Gasteiger partial charge in [0.05, 0.1) is 19.2 Å². The molecule has 1 aliphatic heterocycles. The first-order valence-electron chi connectivity index (χ1n) is 6.76. The minimum Gasteiger partial charge on any atom is -0.463 e. The SMILES string of the molecule is CCOC(=O)/C=C/[C@@H]1CC(F)(F)CN1C(=O)OC(C)(C)C. The number of rotatable bonds is 3. The van der Waals surface area contributed by atoms with Crippen molar-refractivity contribution in [2.24, 2.45) is 0 Å². The highest BCUT2D eigenvalue weighted by Crippen LogP contribution is 2.33. The average molecular weight is 305 g/mol. The maximum Gasteiger partial charge on any atom is 0.410 e. The third-order valence-corrected chi connectivity index (χ3v) is 2.68. The summed E-state index contributed by atoms with van der Waals surface area (Å²) in [5.41, 5.74) is -0.773. The topological polar surface area (TPSA) is 55.8 Å². The predicted octanol–water partition coefficient (Wildman–Crippen LogP) is 2.75. The van der Waals surface area contributed by atoms with E-state index in [9.17, 15) is 18.4 Å². The van der Waals surface area contributed by atoms with Crippen LogP contribution < -0.4 is 0 Å². The zero-order chi connectivity index (χ0) is 16.3. The second kappa shape index (κ2) is 6.41. The molecule has 1 amide bonds. The van der Waals surface area contributed by atoms with Crippen LogP contribution in [0, 0.1) is 0 Å². The van der Waals surface area contributed by atoms with Crippen LogP contribution in [0.3, 0.4) is 0 Å². The highest BCUT2D eigenvalue weighted by molar-refractivity contribution is 5.82. The highest BCUT2D eigenvalue weighted by atomic mass is 19.3. The Kier molecular flexibility index (Phi) is 5.31. The van der Waals surface area contributed by atoms with Crippen molar-refractivity contribution in [3.63, 3.8) is 0 Å². The summed E-state index contributed by atoms with van der Waals surface area (Å²) in [6.45, 7) is 6.08. The lowest BCUT2D eigenvalue weighted by atomic mass is 10.2. The van der Waals surface area contributed by atoms with Crippen LogP contribution in [0.25, 0.3) is 0 Å². The molecule has 1 saturated heterocycles. The molecular formula is C14H21F2NO4. The van der Waals surface area contributed by atoms with Gasteiger partial charge < -0.3 is 9.47 Å². The van der Waals surface area contributed by atoms with Crippen LogP contribution in [0.4, 0.5) is 13.6 Å². The number of carbonyl (C=O) groups excluding carboxylic acids is 2. The molecule has 0 aromatic carbocycles. The summed E-state index contributed by atoms with van der Waals surface area (Å²) in [6.07, 6.45) is 0.955. The largest absolute Gasteiger partial charge is 0.463 e. The summed E-state index contributed by atoms with van der Waals surface area (Å²) in [5, 5.41) is 0. The van der Waals surface area contributed by atoms with Gasteiger partial charge in [-0.2, -0.15) is 0 Å². The Bertz CT molecular complexity index is 429. The van der Waals surface area contributed by atoms with E-state index in [1.165, 1.54) is 6.08 Å². The highest BCUT2D eigenvalue weighted by Gasteiger charge is 2.47. The number of nitrogens with zero attached hydrogens (tertiary/aromatic N) is 1. The summed E-state index contributed by atoms with van der Waals surface area (Å²) in [5.74, 6) is -3.63. The second-order valence-electron chi connectivity index (χ2n) is 5.85. The molecule has 1 atom stereocenters. The molecule has 0 bridgehead atoms. The molecule has 0 unspecified atom stereocenters. The first kappa shape index (κ1) is 17.4. The van der Waals surface area contributed by atoms with Gasteiger partial charge in [-0.05, 0) is 27.7 Å². The Morgan fingerprint density at radius 2 is 2.00 bits per heavy atom. The second-order valence-corrected chi connectivity index (χ2v) is 5.85. The number of alkyl halides is 2. The van der Waals surface area contributed by atoms with Crippen molar-refractivity contribution in [2.75, 3.05) is 13.2 Å². The fourth-order valence-corrected chi connectivity index (χ4v) is 1.92. The van der Waals surface area contributed by atoms with E-state index in [0.717, 1.165) is 11.0 Å². The van der Waals surface area contributed by atoms with Crippen molar-refractivity contribution >= 4 is 12.1 Å². The smallest absolute Gasteiger partial charge is 0.410 e. The van der Waals surface area contributed by atoms with Crippen molar-refractivity contribution in [1.29, 1.82) is 0 Å². The van der Waals surface area contributed by atoms with Crippen LogP contribution in [0.1, 0.15) is 34.1 Å². The Hall–Kier alpha value is -1.66. The molecule has 1 aliphatic rings. The molecule has 1 heterocycles. The summed E-state index contributed by atoms with van der Waals surface area (Å²) in [4.78, 5) is 24.1. The third kappa shape index (κ3) is 5.69. The molecule has 21 heavy (non-hydrogen) atoms. The van der Waals surface area contributed by atoms with Gasteiger partial charge in [-0.15, -0.1) is 0 Å². The molecule has 120 valence electrons. The van der Waals surface area contributed by atoms with Gasteiger partial charge in [0, 0.05) is 12.5 Å². The molecule has 0 aromatic rings. The number of esters is 1. The number of halogens is 2. The van der Waals surface area contributed by atoms with Gasteiger partial charge in [-0.3, -0.25) is 4.90 Å². The number of hydrogen-bond acceptors (Lipinski definition) is 4. The minimum absolute atomic E-state index is 0.194. The van der Waals surface area contributed by atoms with Crippen molar-refractivity contribution < 1.29 is 27.8 Å². The Balaban J connectivity index is 2.79. The van der Waals surface area contributed by atoms with Crippen molar-refractivity contribution in [3.8, 4) is 0 Å². The van der Waals surface area contributed by atoms with Crippen LogP contribution in [-0.2, 0) is 14.3 Å². The number of ether oxygens (including phenoxy) is 2. The van der Waals surface area contributed by atoms with E-state index < -0.39 is 42.6 Å². The van der Waals surface area contributed by atoms with Gasteiger partial charge >= 0.3 is 12.1 Å². The van der Waals surface area contributed by atoms with Crippen LogP contribution in [-0.4, -0.2) is 47.7 Å². The molecule has 7 heteroatoms. The van der Waals surface area contributed by atoms with Crippen LogP contribution in [0.15, 0.2) is 12.2 Å². The number of amides is 1. The van der Waals surface area contributed by atoms with Crippen molar-refractivity contribution in [2.45, 2.75) is 51.7 Å². The van der Waals surface area contributed by atoms with Crippen LogP contribution >= 0.6 is 0 Å². The molecule has 0 saturated carbocycles. The van der Waals surface area contributed by atoms with Gasteiger partial charge in [0.25, 0.3) is 5.92 Å². The van der Waals surface area contributed by atoms with E-state index in [1.54, 1.807) is 27.7 Å². The average Bonchev–Trinajstić information content (AvgIpc) is 2.60. The van der Waals surface area contributed by atoms with Gasteiger partial charge in [-0.1, -0.05) is 6.08 Å². The quantitative estimate of drug-likeness (QED) is 0.594. The third-order valence-electron chi connectivity index (χ3n) is 2.68. The predicted molar refractivity (Wildman–Crippen MR) is 72.1 cm³/mol. The zero-order valence-corrected chi connectivity index (χ0v) is 12.7. The summed E-state index contributed by atoms with van der Waals surface area (Å²) >= 11 is 0. The maximum absolute atomic E-state index is 13.5. The van der Waals surface area contributed by atoms with Gasteiger partial charge in [0.15, 0.2) is 0 Å². The lowest BCUT2D eigenvalue weighted by molar-refractivity contribution is -0.137. The lowest BCUT2D eigenvalue weighted by Gasteiger charge is -2.26. The maximum atomic E-state index is 13.5. The lowest BCUT2D eigenvalue weighted by Crippen LogP contribution is -2.40. The number of hydrogen-bond donors (Lipinski definition) is 0. The first-order chi connectivity index (χ1) is 9.54. The first-order valence-corrected chi connectivity index (χ1v) is 6.76. The Labute approximate surface area is 122 Å². The van der Waals surface area contributed by atoms with E-state index in [2.05, 4.69) is 4.74 Å². The zero-order valence-electron chi connectivity index (χ0n) is 12.7. The summed E-state index contributed by atoms with van der Waals surface area (Å²) < 4.78 is 36.8. The Morgan fingerprint density at radius 1 is 1.38 bits per heavy atom. The van der Waals surface area contributed by atoms with Crippen LogP contribution in [0.5, 0.6) is 0 Å². The van der Waals surface area contributed by atoms with Gasteiger partial charge in [0.1, 0.15) is 5.60 Å². The molecule has 0 aromatic heterocycles. The van der Waals surface area contributed by atoms with Gasteiger partial charge in [0.2, 0.25) is 0 Å². The van der Waals surface area contributed by atoms with Crippen molar-refractivity contribution in [1.82, 2.24) is 4.90 Å². The van der Waals surface area contributed by atoms with E-state index in [-0.39, 0.29) is 6.61 Å². The number of likely N-dealkylation sites (tertiary alicyclic amines) is 1. The standard InChI is InChI=1S/C14H21F2NO4/c1-5-20-11(18)7-6-10-8-14(15,16)9-17(10)12(19)21-13(2,3)4/h6-7,10H,5,8-9H2,1-4H3/b7-6+/t10-/m1/s1. The minimum atomic E-state index is -3.00. The molecular weight excluding hydrogens is 284 g/mol. The molecule has 0 spiro atoms. The molecule has 1 fully saturated rings. The summed E-state index contributed by atoms with van der Waals surface area (Å²) in [6, 6.07) is -0.890. The fourth-order valence-electron chi connectivity index (χ4n) is 1.92. The van der Waals surface area contributed by atoms with E-state index >= 15 is 0 Å². The van der Waals surface area contributed by atoms with E-state index in [4.69, 9.17) is 4.74 Å². The van der Waals surface area contributed by atoms with Gasteiger partial charge in [-0.25, -0.2) is 18.4 Å². The molecule has 5 nitrogen and oxygen atoms in total. The fraction of sp³-hybridized carbons (Fsp3) is 0.714. The van der Waals surface area contributed by atoms with Crippen LogP contribution in [0.2, 0.25) is 0 Å². The molecule has 0 aliphatic carbocycles. The molecule has 0 radical (unpaired) electrons. The molecule has 1 rings (SSSR count).